The average molecular weight is 509 g/mol. The Labute approximate surface area is 205 Å². The second-order valence-electron chi connectivity index (χ2n) is 9.02. The van der Waals surface area contributed by atoms with Crippen molar-refractivity contribution in [3.63, 3.8) is 0 Å². The highest BCUT2D eigenvalue weighted by atomic mass is 35.5. The number of amides is 1. The number of ether oxygens (including phenoxy) is 2. The van der Waals surface area contributed by atoms with Gasteiger partial charge in [0.25, 0.3) is 0 Å². The smallest absolute Gasteiger partial charge is 0.407 e. The number of hydrogen-bond donors (Lipinski definition) is 3. The second kappa shape index (κ2) is 9.31. The number of anilines is 2. The number of hydrogen-bond acceptors (Lipinski definition) is 7. The molecule has 3 N–H and O–H groups in total. The fourth-order valence-corrected chi connectivity index (χ4v) is 3.70. The number of aromatic nitrogens is 2. The summed E-state index contributed by atoms with van der Waals surface area (Å²) in [5.41, 5.74) is 0.121. The fraction of sp³-hybridized carbons (Fsp3) is 0.348. The van der Waals surface area contributed by atoms with Crippen LogP contribution >= 0.6 is 23.2 Å². The van der Waals surface area contributed by atoms with Crippen molar-refractivity contribution in [1.29, 1.82) is 0 Å². The third-order valence-corrected chi connectivity index (χ3v) is 5.88. The van der Waals surface area contributed by atoms with Crippen LogP contribution in [0.25, 0.3) is 10.9 Å². The number of nitrogens with one attached hydrogen (secondary N) is 2. The lowest BCUT2D eigenvalue weighted by molar-refractivity contribution is -0.0251. The van der Waals surface area contributed by atoms with Crippen LogP contribution in [0.4, 0.5) is 20.7 Å². The number of fused-ring (bicyclic) bond motifs is 1. The summed E-state index contributed by atoms with van der Waals surface area (Å²) >= 11 is 11.8. The first-order valence-corrected chi connectivity index (χ1v) is 11.3. The van der Waals surface area contributed by atoms with Crippen molar-refractivity contribution in [1.82, 2.24) is 15.3 Å². The molecule has 180 valence electrons. The van der Waals surface area contributed by atoms with Crippen molar-refractivity contribution in [2.75, 3.05) is 5.32 Å². The number of carbonyl (C=O) groups excluding carboxylic acids is 1. The van der Waals surface area contributed by atoms with Gasteiger partial charge in [0.2, 0.25) is 0 Å². The van der Waals surface area contributed by atoms with Crippen molar-refractivity contribution >= 4 is 51.7 Å². The summed E-state index contributed by atoms with van der Waals surface area (Å²) in [6, 6.07) is 5.92. The van der Waals surface area contributed by atoms with E-state index in [4.69, 9.17) is 32.7 Å². The van der Waals surface area contributed by atoms with Crippen LogP contribution in [0.5, 0.6) is 11.5 Å². The number of nitrogens with zero attached hydrogens (tertiary/aromatic N) is 2. The van der Waals surface area contributed by atoms with Crippen LogP contribution in [0.2, 0.25) is 10.0 Å². The van der Waals surface area contributed by atoms with E-state index in [2.05, 4.69) is 20.6 Å². The van der Waals surface area contributed by atoms with Gasteiger partial charge in [0.05, 0.1) is 21.2 Å². The van der Waals surface area contributed by atoms with Crippen molar-refractivity contribution in [3.05, 3.63) is 46.5 Å². The number of alkyl carbamates (subject to hydrolysis) is 1. The van der Waals surface area contributed by atoms with Crippen LogP contribution in [-0.2, 0) is 4.74 Å². The Balaban J connectivity index is 1.48. The van der Waals surface area contributed by atoms with Gasteiger partial charge in [-0.2, -0.15) is 0 Å². The summed E-state index contributed by atoms with van der Waals surface area (Å²) in [6.45, 7) is 5.60. The highest BCUT2D eigenvalue weighted by Crippen LogP contribution is 2.38. The molecule has 3 aromatic rings. The average Bonchev–Trinajstić information content (AvgIpc) is 2.72. The van der Waals surface area contributed by atoms with Gasteiger partial charge in [-0.25, -0.2) is 19.2 Å². The minimum absolute atomic E-state index is 0.0810. The minimum atomic E-state index is -0.716. The summed E-state index contributed by atoms with van der Waals surface area (Å²) in [5, 5.41) is 16.4. The standard InChI is InChI=1S/C23H23Cl2FN4O4/c1-23(2,3)30-22(32)34-12-6-11(7-12)33-18-8-13-16(9-17(18)31)27-10-28-21(13)29-15-5-4-14(24)19(25)20(15)26/h4-5,8-12,31H,6-7H2,1-3H3,(H,30,32)(H,27,28,29). The number of halogens is 3. The van der Waals surface area contributed by atoms with E-state index in [-0.39, 0.29) is 45.0 Å². The van der Waals surface area contributed by atoms with Gasteiger partial charge in [0.1, 0.15) is 24.4 Å². The quantitative estimate of drug-likeness (QED) is 0.365. The Morgan fingerprint density at radius 1 is 1.18 bits per heavy atom. The lowest BCUT2D eigenvalue weighted by Crippen LogP contribution is -2.46. The Bertz CT molecular complexity index is 1250. The highest BCUT2D eigenvalue weighted by Gasteiger charge is 2.35. The van der Waals surface area contributed by atoms with E-state index >= 15 is 0 Å². The van der Waals surface area contributed by atoms with Crippen LogP contribution in [0.3, 0.4) is 0 Å². The number of aromatic hydroxyl groups is 1. The van der Waals surface area contributed by atoms with Gasteiger partial charge in [-0.1, -0.05) is 23.2 Å². The van der Waals surface area contributed by atoms with Crippen LogP contribution in [0.1, 0.15) is 33.6 Å². The third-order valence-electron chi connectivity index (χ3n) is 5.10. The van der Waals surface area contributed by atoms with E-state index < -0.39 is 11.9 Å². The summed E-state index contributed by atoms with van der Waals surface area (Å²) in [4.78, 5) is 20.2. The zero-order chi connectivity index (χ0) is 24.6. The zero-order valence-electron chi connectivity index (χ0n) is 18.7. The molecule has 1 saturated carbocycles. The van der Waals surface area contributed by atoms with Gasteiger partial charge in [-0.05, 0) is 39.0 Å². The van der Waals surface area contributed by atoms with E-state index in [9.17, 15) is 14.3 Å². The van der Waals surface area contributed by atoms with Crippen molar-refractivity contribution < 1.29 is 23.8 Å². The molecular weight excluding hydrogens is 486 g/mol. The topological polar surface area (TPSA) is 106 Å². The Kier molecular flexibility index (Phi) is 6.60. The maximum atomic E-state index is 14.5. The molecule has 0 spiro atoms. The lowest BCUT2D eigenvalue weighted by Gasteiger charge is -2.35. The molecule has 1 heterocycles. The van der Waals surface area contributed by atoms with Crippen molar-refractivity contribution in [3.8, 4) is 11.5 Å². The Hall–Kier alpha value is -3.04. The molecule has 1 aliphatic carbocycles. The van der Waals surface area contributed by atoms with E-state index in [1.165, 1.54) is 24.5 Å². The number of phenols is 1. The van der Waals surface area contributed by atoms with Crippen molar-refractivity contribution in [2.24, 2.45) is 0 Å². The minimum Gasteiger partial charge on any atom is -0.504 e. The normalized spacial score (nSPS) is 17.7. The van der Waals surface area contributed by atoms with E-state index in [0.717, 1.165) is 0 Å². The van der Waals surface area contributed by atoms with E-state index in [1.54, 1.807) is 6.07 Å². The monoisotopic (exact) mass is 508 g/mol. The molecule has 1 fully saturated rings. The Morgan fingerprint density at radius 2 is 1.91 bits per heavy atom. The predicted octanol–water partition coefficient (Wildman–Crippen LogP) is 5.96. The molecule has 8 nitrogen and oxygen atoms in total. The number of benzene rings is 2. The molecule has 0 unspecified atom stereocenters. The molecule has 34 heavy (non-hydrogen) atoms. The molecule has 1 aliphatic rings. The molecule has 1 amide bonds. The summed E-state index contributed by atoms with van der Waals surface area (Å²) in [5.74, 6) is -0.316. The molecule has 0 atom stereocenters. The number of rotatable bonds is 5. The Morgan fingerprint density at radius 3 is 2.62 bits per heavy atom. The molecule has 2 aromatic carbocycles. The van der Waals surface area contributed by atoms with Gasteiger partial charge >= 0.3 is 6.09 Å². The van der Waals surface area contributed by atoms with Crippen LogP contribution in [-0.4, -0.2) is 38.9 Å². The lowest BCUT2D eigenvalue weighted by atomic mass is 9.92. The summed E-state index contributed by atoms with van der Waals surface area (Å²) in [7, 11) is 0. The summed E-state index contributed by atoms with van der Waals surface area (Å²) < 4.78 is 25.8. The first kappa shape index (κ1) is 24.1. The SMILES string of the molecule is CC(C)(C)NC(=O)OC1CC(Oc2cc3c(Nc4ccc(Cl)c(Cl)c4F)ncnc3cc2O)C1. The van der Waals surface area contributed by atoms with Gasteiger partial charge in [0, 0.05) is 29.8 Å². The predicted molar refractivity (Wildman–Crippen MR) is 128 cm³/mol. The molecular formula is C23H23Cl2FN4O4. The first-order chi connectivity index (χ1) is 16.0. The second-order valence-corrected chi connectivity index (χ2v) is 9.81. The fourth-order valence-electron chi connectivity index (χ4n) is 3.39. The molecule has 11 heteroatoms. The maximum absolute atomic E-state index is 14.5. The molecule has 0 bridgehead atoms. The zero-order valence-corrected chi connectivity index (χ0v) is 20.2. The van der Waals surface area contributed by atoms with E-state index in [1.807, 2.05) is 20.8 Å². The van der Waals surface area contributed by atoms with E-state index in [0.29, 0.717) is 29.6 Å². The van der Waals surface area contributed by atoms with Crippen molar-refractivity contribution in [2.45, 2.75) is 51.4 Å². The molecule has 1 aromatic heterocycles. The van der Waals surface area contributed by atoms with Crippen LogP contribution in [0.15, 0.2) is 30.6 Å². The van der Waals surface area contributed by atoms with Gasteiger partial charge in [0.15, 0.2) is 17.3 Å². The van der Waals surface area contributed by atoms with Gasteiger partial charge in [-0.15, -0.1) is 0 Å². The number of carbonyl (C=O) groups is 1. The van der Waals surface area contributed by atoms with Crippen LogP contribution in [0, 0.1) is 5.82 Å². The van der Waals surface area contributed by atoms with Gasteiger partial charge < -0.3 is 25.2 Å². The van der Waals surface area contributed by atoms with Crippen LogP contribution < -0.4 is 15.4 Å². The molecule has 0 saturated heterocycles. The molecule has 4 rings (SSSR count). The maximum Gasteiger partial charge on any atom is 0.407 e. The largest absolute Gasteiger partial charge is 0.504 e. The third kappa shape index (κ3) is 5.37. The highest BCUT2D eigenvalue weighted by molar-refractivity contribution is 6.42. The van der Waals surface area contributed by atoms with Gasteiger partial charge in [-0.3, -0.25) is 0 Å². The first-order valence-electron chi connectivity index (χ1n) is 10.5. The number of phenolic OH excluding ortho intramolecular Hbond substituents is 1. The molecule has 0 aliphatic heterocycles. The molecule has 0 radical (unpaired) electrons. The summed E-state index contributed by atoms with van der Waals surface area (Å²) in [6.07, 6.45) is 1.26.